The molecule has 1 N–H and O–H groups in total. The molecule has 0 aliphatic carbocycles. The highest BCUT2D eigenvalue weighted by Crippen LogP contribution is 2.32. The number of carbonyl (C=O) groups excluding carboxylic acids is 1. The number of hydrogen-bond acceptors (Lipinski definition) is 4. The van der Waals surface area contributed by atoms with Crippen LogP contribution in [0.4, 0.5) is 5.13 Å². The van der Waals surface area contributed by atoms with Gasteiger partial charge in [0.05, 0.1) is 5.56 Å². The quantitative estimate of drug-likeness (QED) is 0.294. The Morgan fingerprint density at radius 2 is 1.74 bits per heavy atom. The maximum Gasteiger partial charge on any atom is 0.261 e. The molecule has 1 amide bonds. The van der Waals surface area contributed by atoms with Crippen molar-refractivity contribution in [3.8, 4) is 11.3 Å². The molecule has 0 aliphatic rings. The van der Waals surface area contributed by atoms with Crippen LogP contribution in [0.5, 0.6) is 0 Å². The van der Waals surface area contributed by atoms with Crippen molar-refractivity contribution in [3.05, 3.63) is 90.5 Å². The summed E-state index contributed by atoms with van der Waals surface area (Å²) in [6, 6.07) is 12.1. The molecular formula is C22H14Cl4N2O2S. The highest BCUT2D eigenvalue weighted by molar-refractivity contribution is 7.15. The van der Waals surface area contributed by atoms with E-state index in [1.807, 2.05) is 0 Å². The highest BCUT2D eigenvalue weighted by atomic mass is 35.5. The number of thiazole rings is 1. The fraction of sp³-hybridized carbons (Fsp3) is 0.0909. The van der Waals surface area contributed by atoms with Gasteiger partial charge >= 0.3 is 0 Å². The minimum Gasteiger partial charge on any atom is -0.461 e. The third kappa shape index (κ3) is 5.08. The van der Waals surface area contributed by atoms with Gasteiger partial charge in [-0.05, 0) is 48.9 Å². The topological polar surface area (TPSA) is 55.1 Å². The van der Waals surface area contributed by atoms with E-state index >= 15 is 0 Å². The molecule has 4 nitrogen and oxygen atoms in total. The van der Waals surface area contributed by atoms with Crippen molar-refractivity contribution in [1.29, 1.82) is 0 Å². The second kappa shape index (κ2) is 9.23. The number of furan rings is 1. The van der Waals surface area contributed by atoms with E-state index in [0.717, 1.165) is 10.4 Å². The first-order chi connectivity index (χ1) is 14.8. The van der Waals surface area contributed by atoms with Gasteiger partial charge in [0.25, 0.3) is 5.91 Å². The Labute approximate surface area is 202 Å². The van der Waals surface area contributed by atoms with Gasteiger partial charge in [0.1, 0.15) is 11.5 Å². The van der Waals surface area contributed by atoms with Crippen LogP contribution in [0.1, 0.15) is 26.6 Å². The van der Waals surface area contributed by atoms with E-state index in [1.54, 1.807) is 55.6 Å². The van der Waals surface area contributed by atoms with E-state index in [2.05, 4.69) is 10.3 Å². The number of halogens is 4. The van der Waals surface area contributed by atoms with Crippen LogP contribution in [0.2, 0.25) is 20.1 Å². The molecule has 2 aromatic carbocycles. The van der Waals surface area contributed by atoms with E-state index in [0.29, 0.717) is 54.3 Å². The number of rotatable bonds is 5. The molecule has 0 fully saturated rings. The number of benzene rings is 2. The van der Waals surface area contributed by atoms with Crippen molar-refractivity contribution in [2.24, 2.45) is 0 Å². The van der Waals surface area contributed by atoms with Crippen LogP contribution in [0.15, 0.2) is 53.1 Å². The summed E-state index contributed by atoms with van der Waals surface area (Å²) in [4.78, 5) is 18.0. The van der Waals surface area contributed by atoms with Gasteiger partial charge in [0.15, 0.2) is 5.13 Å². The zero-order chi connectivity index (χ0) is 22.1. The van der Waals surface area contributed by atoms with Crippen molar-refractivity contribution >= 4 is 68.8 Å². The summed E-state index contributed by atoms with van der Waals surface area (Å²) in [6.07, 6.45) is 2.22. The number of aromatic nitrogens is 1. The van der Waals surface area contributed by atoms with E-state index < -0.39 is 0 Å². The number of nitrogens with one attached hydrogen (secondary N) is 1. The van der Waals surface area contributed by atoms with Gasteiger partial charge in [0, 0.05) is 43.1 Å². The lowest BCUT2D eigenvalue weighted by Gasteiger charge is -2.04. The number of amides is 1. The maximum absolute atomic E-state index is 12.8. The number of nitrogens with zero attached hydrogens (tertiary/aromatic N) is 1. The van der Waals surface area contributed by atoms with Crippen LogP contribution in [-0.2, 0) is 6.42 Å². The lowest BCUT2D eigenvalue weighted by Crippen LogP contribution is -2.11. The molecule has 0 spiro atoms. The minimum absolute atomic E-state index is 0.322. The van der Waals surface area contributed by atoms with Crippen LogP contribution in [0.25, 0.3) is 11.3 Å². The van der Waals surface area contributed by atoms with Crippen molar-refractivity contribution in [2.75, 3.05) is 5.32 Å². The van der Waals surface area contributed by atoms with E-state index in [-0.39, 0.29) is 5.91 Å². The summed E-state index contributed by atoms with van der Waals surface area (Å²) in [7, 11) is 0. The first-order valence-corrected chi connectivity index (χ1v) is 11.4. The van der Waals surface area contributed by atoms with Crippen molar-refractivity contribution in [2.45, 2.75) is 13.3 Å². The summed E-state index contributed by atoms with van der Waals surface area (Å²) in [6.45, 7) is 1.72. The molecule has 2 aromatic heterocycles. The molecule has 4 rings (SSSR count). The van der Waals surface area contributed by atoms with Gasteiger partial charge in [-0.2, -0.15) is 0 Å². The van der Waals surface area contributed by atoms with Gasteiger partial charge in [-0.3, -0.25) is 10.1 Å². The molecular weight excluding hydrogens is 498 g/mol. The normalized spacial score (nSPS) is 11.0. The number of carbonyl (C=O) groups is 1. The molecule has 31 heavy (non-hydrogen) atoms. The van der Waals surface area contributed by atoms with Crippen LogP contribution < -0.4 is 5.32 Å². The lowest BCUT2D eigenvalue weighted by atomic mass is 10.1. The second-order valence-corrected chi connectivity index (χ2v) is 9.50. The summed E-state index contributed by atoms with van der Waals surface area (Å²) >= 11 is 26.0. The van der Waals surface area contributed by atoms with Crippen LogP contribution >= 0.6 is 57.7 Å². The third-order valence-electron chi connectivity index (χ3n) is 4.50. The van der Waals surface area contributed by atoms with Crippen molar-refractivity contribution in [1.82, 2.24) is 4.98 Å². The summed E-state index contributed by atoms with van der Waals surface area (Å²) in [5, 5.41) is 5.43. The number of anilines is 1. The molecule has 0 saturated carbocycles. The Morgan fingerprint density at radius 3 is 2.42 bits per heavy atom. The average Bonchev–Trinajstić information content (AvgIpc) is 3.30. The van der Waals surface area contributed by atoms with Crippen molar-refractivity contribution < 1.29 is 9.21 Å². The van der Waals surface area contributed by atoms with Gasteiger partial charge in [-0.25, -0.2) is 4.98 Å². The van der Waals surface area contributed by atoms with E-state index in [9.17, 15) is 4.79 Å². The lowest BCUT2D eigenvalue weighted by molar-refractivity contribution is 0.102. The Balaban J connectivity index is 1.51. The zero-order valence-corrected chi connectivity index (χ0v) is 19.8. The van der Waals surface area contributed by atoms with Crippen molar-refractivity contribution in [3.63, 3.8) is 0 Å². The standard InChI is InChI=1S/C22H14Cl4N2O2S/c1-11-16(9-20(30-11)12-5-13(23)7-14(24)6-12)21(29)28-22-27-10-15(31-22)8-17-18(25)3-2-4-19(17)26/h2-7,9-10H,8H2,1H3,(H,27,28,29). The molecule has 158 valence electrons. The molecule has 0 aliphatic heterocycles. The molecule has 0 saturated heterocycles. The smallest absolute Gasteiger partial charge is 0.261 e. The Kier molecular flexibility index (Phi) is 6.60. The molecule has 2 heterocycles. The Morgan fingerprint density at radius 1 is 1.06 bits per heavy atom. The molecule has 0 unspecified atom stereocenters. The number of hydrogen-bond donors (Lipinski definition) is 1. The summed E-state index contributed by atoms with van der Waals surface area (Å²) in [5.74, 6) is 0.653. The van der Waals surface area contributed by atoms with Crippen LogP contribution in [-0.4, -0.2) is 10.9 Å². The SMILES string of the molecule is Cc1oc(-c2cc(Cl)cc(Cl)c2)cc1C(=O)Nc1ncc(Cc2c(Cl)cccc2Cl)s1. The maximum atomic E-state index is 12.8. The third-order valence-corrected chi connectivity index (χ3v) is 6.55. The average molecular weight is 512 g/mol. The molecule has 0 radical (unpaired) electrons. The van der Waals surface area contributed by atoms with E-state index in [1.165, 1.54) is 11.3 Å². The fourth-order valence-electron chi connectivity index (χ4n) is 3.03. The highest BCUT2D eigenvalue weighted by Gasteiger charge is 2.18. The second-order valence-electron chi connectivity index (χ2n) is 6.70. The van der Waals surface area contributed by atoms with Gasteiger partial charge < -0.3 is 4.42 Å². The largest absolute Gasteiger partial charge is 0.461 e. The molecule has 0 bridgehead atoms. The molecule has 4 aromatic rings. The zero-order valence-electron chi connectivity index (χ0n) is 16.0. The summed E-state index contributed by atoms with van der Waals surface area (Å²) < 4.78 is 5.76. The fourth-order valence-corrected chi connectivity index (χ4v) is 4.91. The van der Waals surface area contributed by atoms with Gasteiger partial charge in [0.2, 0.25) is 0 Å². The van der Waals surface area contributed by atoms with Crippen LogP contribution in [0.3, 0.4) is 0 Å². The minimum atomic E-state index is -0.322. The Hall–Kier alpha value is -2.02. The predicted molar refractivity (Wildman–Crippen MR) is 128 cm³/mol. The summed E-state index contributed by atoms with van der Waals surface area (Å²) in [5.41, 5.74) is 1.91. The monoisotopic (exact) mass is 510 g/mol. The molecule has 0 atom stereocenters. The molecule has 9 heteroatoms. The Bertz CT molecular complexity index is 1240. The van der Waals surface area contributed by atoms with Gasteiger partial charge in [-0.15, -0.1) is 11.3 Å². The van der Waals surface area contributed by atoms with E-state index in [4.69, 9.17) is 50.8 Å². The van der Waals surface area contributed by atoms with Crippen LogP contribution in [0, 0.1) is 6.92 Å². The first-order valence-electron chi connectivity index (χ1n) is 9.06. The predicted octanol–water partition coefficient (Wildman–Crippen LogP) is 8.17. The van der Waals surface area contributed by atoms with Gasteiger partial charge in [-0.1, -0.05) is 52.5 Å². The first kappa shape index (κ1) is 22.2. The number of aryl methyl sites for hydroxylation is 1.